The van der Waals surface area contributed by atoms with Crippen LogP contribution in [0.15, 0.2) is 47.6 Å². The number of ketones is 3. The number of carbonyl (C=O) groups excluding carboxylic acids is 5. The zero-order valence-electron chi connectivity index (χ0n) is 42.3. The highest BCUT2D eigenvalue weighted by molar-refractivity contribution is 7.64. The number of Topliss-reactive ketones (excluding diaryl/α,β-unsaturated/α-hetero) is 3. The Kier molecular flexibility index (Phi) is 20.1. The van der Waals surface area contributed by atoms with Crippen molar-refractivity contribution in [3.05, 3.63) is 47.6 Å². The third kappa shape index (κ3) is 13.9. The lowest BCUT2D eigenvalue weighted by Gasteiger charge is -2.43. The average molecular weight is 975 g/mol. The van der Waals surface area contributed by atoms with Crippen LogP contribution in [0, 0.1) is 41.4 Å². The fraction of sp³-hybridized carbons (Fsp3) is 0.750. The summed E-state index contributed by atoms with van der Waals surface area (Å²) in [6, 6.07) is -1.13. The van der Waals surface area contributed by atoms with Gasteiger partial charge in [0.25, 0.3) is 19.4 Å². The molecular weight excluding hydrogens is 894 g/mol. The van der Waals surface area contributed by atoms with E-state index in [1.165, 1.54) is 12.0 Å². The number of nitrogens with zero attached hydrogens (tertiary/aromatic N) is 1. The summed E-state index contributed by atoms with van der Waals surface area (Å²) in [5.74, 6) is -8.05. The Hall–Kier alpha value is -2.98. The first-order valence-corrected chi connectivity index (χ1v) is 27.3. The summed E-state index contributed by atoms with van der Waals surface area (Å²) in [4.78, 5) is 82.9. The van der Waals surface area contributed by atoms with Gasteiger partial charge >= 0.3 is 5.97 Å². The molecule has 4 fully saturated rings. The molecule has 5 rings (SSSR count). The minimum absolute atomic E-state index is 0.0177. The molecule has 1 amide bonds. The van der Waals surface area contributed by atoms with Crippen molar-refractivity contribution in [1.29, 1.82) is 0 Å². The van der Waals surface area contributed by atoms with E-state index in [1.54, 1.807) is 54.4 Å². The Labute approximate surface area is 404 Å². The molecule has 4 aliphatic heterocycles. The molecule has 5 aliphatic rings. The van der Waals surface area contributed by atoms with Crippen molar-refractivity contribution in [3.8, 4) is 0 Å². The van der Waals surface area contributed by atoms with Gasteiger partial charge in [-0.3, -0.25) is 19.2 Å². The lowest BCUT2D eigenvalue weighted by Crippen LogP contribution is -2.61. The second-order valence-electron chi connectivity index (χ2n) is 20.9. The van der Waals surface area contributed by atoms with Crippen LogP contribution >= 0.6 is 7.72 Å². The number of esters is 1. The standard InChI is InChI=1S/C52H81NO14P/c1-30-15-13-12-14-16-31(2)43(62-7)28-38-19-17-35(6)52(60,66-38)49(57)50(58)53-22-21-37-27-40(53)51(59)65-44(39(37)25-36-18-20-42(45(26-36)63-8)67-68(10,11)61)29-41(54)32(3)24-34(5)47(56)48(64-9)46(55)33(4)23-30/h12-16,24,30,32-33,35-40,42-45,47-48,56,60-61H,17-23,25-29H2,1-11H3/q+1/b14-12+,15-13+,31-16?,34-24+/t30-,32-,33-,35-,36+,37+,38+,39?,40+,42-,43+,44+,45-,47-,48+,52-/m1/s1. The highest BCUT2D eigenvalue weighted by Gasteiger charge is 2.55. The van der Waals surface area contributed by atoms with Gasteiger partial charge in [0.05, 0.1) is 18.3 Å². The van der Waals surface area contributed by atoms with Crippen LogP contribution in [-0.2, 0) is 52.2 Å². The largest absolute Gasteiger partial charge is 0.460 e. The second-order valence-corrected chi connectivity index (χ2v) is 23.7. The second kappa shape index (κ2) is 24.4. The molecule has 0 aromatic rings. The summed E-state index contributed by atoms with van der Waals surface area (Å²) in [5, 5.41) is 23.5. The summed E-state index contributed by atoms with van der Waals surface area (Å²) in [5.41, 5.74) is 1.27. The van der Waals surface area contributed by atoms with E-state index in [0.29, 0.717) is 56.9 Å². The van der Waals surface area contributed by atoms with Gasteiger partial charge in [0.15, 0.2) is 5.78 Å². The number of hydrogen-bond donors (Lipinski definition) is 3. The van der Waals surface area contributed by atoms with E-state index in [1.807, 2.05) is 51.2 Å². The number of hydrogen-bond acceptors (Lipinski definition) is 14. The van der Waals surface area contributed by atoms with Crippen molar-refractivity contribution < 1.29 is 67.3 Å². The summed E-state index contributed by atoms with van der Waals surface area (Å²) in [7, 11) is 2.03. The molecule has 3 N–H and O–H groups in total. The summed E-state index contributed by atoms with van der Waals surface area (Å²) >= 11 is 0. The van der Waals surface area contributed by atoms with Crippen molar-refractivity contribution >= 4 is 36.9 Å². The van der Waals surface area contributed by atoms with Crippen molar-refractivity contribution in [1.82, 2.24) is 4.90 Å². The van der Waals surface area contributed by atoms with Gasteiger partial charge in [-0.1, -0.05) is 64.2 Å². The Morgan fingerprint density at radius 1 is 0.838 bits per heavy atom. The van der Waals surface area contributed by atoms with E-state index in [2.05, 4.69) is 0 Å². The fourth-order valence-corrected chi connectivity index (χ4v) is 12.2. The van der Waals surface area contributed by atoms with E-state index in [9.17, 15) is 39.1 Å². The molecule has 0 aromatic heterocycles. The first kappa shape index (κ1) is 55.9. The van der Waals surface area contributed by atoms with Crippen molar-refractivity contribution in [2.45, 2.75) is 167 Å². The number of amides is 1. The maximum absolute atomic E-state index is 14.4. The van der Waals surface area contributed by atoms with E-state index in [4.69, 9.17) is 28.2 Å². The van der Waals surface area contributed by atoms with Gasteiger partial charge in [-0.2, -0.15) is 0 Å². The summed E-state index contributed by atoms with van der Waals surface area (Å²) in [6.45, 7) is 14.2. The van der Waals surface area contributed by atoms with Gasteiger partial charge in [0.2, 0.25) is 5.79 Å². The van der Waals surface area contributed by atoms with E-state index in [0.717, 1.165) is 12.0 Å². The number of piperidine rings is 1. The van der Waals surface area contributed by atoms with Crippen molar-refractivity contribution in [2.24, 2.45) is 41.4 Å². The highest BCUT2D eigenvalue weighted by Crippen LogP contribution is 2.52. The quantitative estimate of drug-likeness (QED) is 0.108. The minimum Gasteiger partial charge on any atom is -0.460 e. The first-order valence-electron chi connectivity index (χ1n) is 24.8. The van der Waals surface area contributed by atoms with Gasteiger partial charge in [0, 0.05) is 58.5 Å². The minimum atomic E-state index is -2.55. The fourth-order valence-electron chi connectivity index (χ4n) is 11.3. The number of aliphatic hydroxyl groups excluding tert-OH is 1. The Morgan fingerprint density at radius 2 is 1.56 bits per heavy atom. The van der Waals surface area contributed by atoms with Crippen LogP contribution < -0.4 is 0 Å². The van der Waals surface area contributed by atoms with Crippen LogP contribution in [0.1, 0.15) is 112 Å². The molecule has 1 aliphatic carbocycles. The van der Waals surface area contributed by atoms with Gasteiger partial charge in [-0.15, -0.1) is 0 Å². The molecule has 1 unspecified atom stereocenters. The van der Waals surface area contributed by atoms with Crippen molar-refractivity contribution in [3.63, 3.8) is 0 Å². The van der Waals surface area contributed by atoms with Gasteiger partial charge in [-0.05, 0) is 106 Å². The third-order valence-electron chi connectivity index (χ3n) is 15.3. The molecule has 5 bridgehead atoms. The van der Waals surface area contributed by atoms with Gasteiger partial charge in [-0.25, -0.2) is 14.2 Å². The highest BCUT2D eigenvalue weighted by atomic mass is 31.2. The number of carbonyl (C=O) groups is 5. The Balaban J connectivity index is 1.49. The number of rotatable bonds is 7. The number of aliphatic hydroxyl groups is 2. The van der Waals surface area contributed by atoms with Crippen LogP contribution in [-0.4, -0.2) is 145 Å². The van der Waals surface area contributed by atoms with Gasteiger partial charge in [0.1, 0.15) is 49.6 Å². The summed E-state index contributed by atoms with van der Waals surface area (Å²) in [6.07, 6.45) is 11.1. The average Bonchev–Trinajstić information content (AvgIpc) is 3.38. The number of fused-ring (bicyclic) bond motifs is 5. The van der Waals surface area contributed by atoms with Crippen LogP contribution in [0.2, 0.25) is 0 Å². The molecule has 15 nitrogen and oxygen atoms in total. The Morgan fingerprint density at radius 3 is 2.22 bits per heavy atom. The van der Waals surface area contributed by atoms with Crippen LogP contribution in [0.3, 0.4) is 0 Å². The normalized spacial score (nSPS) is 40.8. The number of allylic oxidation sites excluding steroid dienone is 6. The molecule has 16 heteroatoms. The maximum Gasteiger partial charge on any atom is 0.329 e. The van der Waals surface area contributed by atoms with Crippen molar-refractivity contribution in [2.75, 3.05) is 41.2 Å². The van der Waals surface area contributed by atoms with E-state index >= 15 is 0 Å². The van der Waals surface area contributed by atoms with Crippen LogP contribution in [0.4, 0.5) is 0 Å². The zero-order chi connectivity index (χ0) is 50.2. The molecule has 4 heterocycles. The molecule has 0 spiro atoms. The number of ether oxygens (including phenoxy) is 5. The van der Waals surface area contributed by atoms with E-state index < -0.39 is 85.5 Å². The predicted molar refractivity (Wildman–Crippen MR) is 258 cm³/mol. The maximum atomic E-state index is 14.4. The lowest BCUT2D eigenvalue weighted by molar-refractivity contribution is -0.265. The lowest BCUT2D eigenvalue weighted by atomic mass is 9.71. The van der Waals surface area contributed by atoms with E-state index in [-0.39, 0.29) is 66.8 Å². The molecule has 0 aromatic carbocycles. The van der Waals surface area contributed by atoms with Crippen LogP contribution in [0.25, 0.3) is 0 Å². The molecule has 3 saturated heterocycles. The van der Waals surface area contributed by atoms with Gasteiger partial charge < -0.3 is 38.8 Å². The monoisotopic (exact) mass is 975 g/mol. The molecule has 1 saturated carbocycles. The molecule has 382 valence electrons. The first-order chi connectivity index (χ1) is 32.0. The number of methoxy groups -OCH3 is 3. The topological polar surface area (TPSA) is 205 Å². The molecular formula is C52H81NO14P+. The Bertz CT molecular complexity index is 1910. The van der Waals surface area contributed by atoms with Crippen LogP contribution in [0.5, 0.6) is 0 Å². The molecule has 16 atom stereocenters. The predicted octanol–water partition coefficient (Wildman–Crippen LogP) is 6.52. The smallest absolute Gasteiger partial charge is 0.329 e. The third-order valence-corrected chi connectivity index (χ3v) is 16.1. The summed E-state index contributed by atoms with van der Waals surface area (Å²) < 4.78 is 35.9. The zero-order valence-corrected chi connectivity index (χ0v) is 43.2. The molecule has 68 heavy (non-hydrogen) atoms. The SMILES string of the molecule is CO[C@H]1C[C@@H]2CC[C@@H](C)[C@@](O)(O2)C(=O)C(=O)N2CC[C@H]3C[C@H]2C(=O)O[C@@H](CC(=O)[C@H](C)/C=C(\C)[C@@H](O)[C@@H](OC)C(=O)[C@H](C)C[C@H](C)/C=C/C=C/C=C1C)C3C[C@@H]1CC[C@@H](O[P+](C)(C)O)[C@H](OC)C1. The molecule has 0 radical (unpaired) electrons.